The normalized spacial score (nSPS) is 13.8. The van der Waals surface area contributed by atoms with Gasteiger partial charge in [0.05, 0.1) is 18.8 Å². The van der Waals surface area contributed by atoms with Crippen LogP contribution in [0.15, 0.2) is 55.0 Å². The molecule has 1 aliphatic rings. The van der Waals surface area contributed by atoms with E-state index in [-0.39, 0.29) is 24.3 Å². The molecule has 4 aromatic rings. The van der Waals surface area contributed by atoms with Crippen molar-refractivity contribution in [3.8, 4) is 22.8 Å². The number of aromatic nitrogens is 5. The molecule has 0 aliphatic carbocycles. The Morgan fingerprint density at radius 1 is 1.03 bits per heavy atom. The van der Waals surface area contributed by atoms with Crippen molar-refractivity contribution in [3.05, 3.63) is 77.5 Å². The number of hydrogen-bond donors (Lipinski definition) is 0. The first-order valence-corrected chi connectivity index (χ1v) is 12.1. The van der Waals surface area contributed by atoms with Gasteiger partial charge in [-0.1, -0.05) is 38.1 Å². The molecule has 0 unspecified atom stereocenters. The van der Waals surface area contributed by atoms with Crippen molar-refractivity contribution >= 4 is 11.8 Å². The van der Waals surface area contributed by atoms with Gasteiger partial charge in [0.25, 0.3) is 0 Å². The fraction of sp³-hybridized carbons (Fsp3) is 0.296. The quantitative estimate of drug-likeness (QED) is 0.339. The minimum absolute atomic E-state index is 0.166. The van der Waals surface area contributed by atoms with Crippen molar-refractivity contribution in [1.29, 1.82) is 0 Å². The van der Waals surface area contributed by atoms with Gasteiger partial charge < -0.3 is 9.47 Å². The van der Waals surface area contributed by atoms with Crippen molar-refractivity contribution in [1.82, 2.24) is 29.4 Å². The van der Waals surface area contributed by atoms with Crippen LogP contribution in [0.25, 0.3) is 22.8 Å². The molecule has 38 heavy (non-hydrogen) atoms. The molecule has 0 spiro atoms. The van der Waals surface area contributed by atoms with Gasteiger partial charge in [-0.05, 0) is 23.6 Å². The van der Waals surface area contributed by atoms with Crippen LogP contribution in [0.4, 0.5) is 23.8 Å². The van der Waals surface area contributed by atoms with E-state index in [9.17, 15) is 18.0 Å². The third-order valence-electron chi connectivity index (χ3n) is 6.41. The first-order chi connectivity index (χ1) is 18.0. The average Bonchev–Trinajstić information content (AvgIpc) is 3.29. The van der Waals surface area contributed by atoms with Crippen LogP contribution < -0.4 is 4.90 Å². The van der Waals surface area contributed by atoms with Crippen LogP contribution >= 0.6 is 0 Å². The molecule has 4 heterocycles. The van der Waals surface area contributed by atoms with E-state index in [0.717, 1.165) is 28.6 Å². The van der Waals surface area contributed by atoms with Gasteiger partial charge in [-0.15, -0.1) is 0 Å². The maximum Gasteiger partial charge on any atom is 0.434 e. The van der Waals surface area contributed by atoms with E-state index in [2.05, 4.69) is 15.0 Å². The Kier molecular flexibility index (Phi) is 6.38. The van der Waals surface area contributed by atoms with Gasteiger partial charge in [0.2, 0.25) is 0 Å². The lowest BCUT2D eigenvalue weighted by molar-refractivity contribution is -0.140. The maximum absolute atomic E-state index is 13.2. The molecule has 1 aliphatic heterocycles. The summed E-state index contributed by atoms with van der Waals surface area (Å²) in [6.07, 6.45) is -0.0726. The first-order valence-electron chi connectivity index (χ1n) is 12.1. The Hall–Kier alpha value is -4.28. The highest BCUT2D eigenvalue weighted by Crippen LogP contribution is 2.33. The van der Waals surface area contributed by atoms with Crippen LogP contribution in [0.5, 0.6) is 0 Å². The predicted molar refractivity (Wildman–Crippen MR) is 136 cm³/mol. The number of amides is 2. The van der Waals surface area contributed by atoms with Crippen LogP contribution in [0.3, 0.4) is 0 Å². The van der Waals surface area contributed by atoms with E-state index in [4.69, 9.17) is 4.98 Å². The number of halogens is 3. The number of pyridine rings is 1. The van der Waals surface area contributed by atoms with Crippen molar-refractivity contribution in [2.45, 2.75) is 39.0 Å². The summed E-state index contributed by atoms with van der Waals surface area (Å²) in [5.41, 5.74) is 2.89. The predicted octanol–water partition coefficient (Wildman–Crippen LogP) is 5.65. The fourth-order valence-corrected chi connectivity index (χ4v) is 4.51. The average molecular weight is 522 g/mol. The molecule has 0 atom stereocenters. The highest BCUT2D eigenvalue weighted by Gasteiger charge is 2.35. The number of fused-ring (bicyclic) bond motifs is 1. The topological polar surface area (TPSA) is 80.0 Å². The van der Waals surface area contributed by atoms with E-state index in [1.807, 2.05) is 26.0 Å². The van der Waals surface area contributed by atoms with Gasteiger partial charge in [0.1, 0.15) is 11.6 Å². The zero-order valence-corrected chi connectivity index (χ0v) is 21.4. The van der Waals surface area contributed by atoms with Gasteiger partial charge in [-0.25, -0.2) is 19.7 Å². The Labute approximate surface area is 217 Å². The number of benzene rings is 1. The van der Waals surface area contributed by atoms with Crippen LogP contribution in [0.1, 0.15) is 42.3 Å². The zero-order chi connectivity index (χ0) is 27.2. The number of alkyl halides is 3. The van der Waals surface area contributed by atoms with E-state index in [0.29, 0.717) is 23.8 Å². The Bertz CT molecular complexity index is 1500. The van der Waals surface area contributed by atoms with Gasteiger partial charge in [0.15, 0.2) is 11.5 Å². The third-order valence-corrected chi connectivity index (χ3v) is 6.41. The van der Waals surface area contributed by atoms with E-state index in [1.165, 1.54) is 11.6 Å². The van der Waals surface area contributed by atoms with Crippen molar-refractivity contribution in [2.75, 3.05) is 11.9 Å². The molecule has 8 nitrogen and oxygen atoms in total. The molecule has 0 radical (unpaired) electrons. The minimum Gasteiger partial charge on any atom is -0.333 e. The molecule has 0 bridgehead atoms. The monoisotopic (exact) mass is 521 g/mol. The number of carbonyl (C=O) groups is 1. The van der Waals surface area contributed by atoms with Gasteiger partial charge in [0, 0.05) is 49.4 Å². The second-order valence-corrected chi connectivity index (χ2v) is 9.61. The summed E-state index contributed by atoms with van der Waals surface area (Å²) in [4.78, 5) is 34.0. The molecule has 11 heteroatoms. The number of imidazole rings is 1. The Morgan fingerprint density at radius 2 is 1.76 bits per heavy atom. The van der Waals surface area contributed by atoms with Gasteiger partial charge in [-0.3, -0.25) is 9.88 Å². The van der Waals surface area contributed by atoms with E-state index in [1.54, 1.807) is 53.5 Å². The molecule has 0 saturated carbocycles. The number of hydrogen-bond acceptors (Lipinski definition) is 5. The molecule has 0 saturated heterocycles. The minimum atomic E-state index is -4.52. The smallest absolute Gasteiger partial charge is 0.333 e. The van der Waals surface area contributed by atoms with Crippen LogP contribution in [0, 0.1) is 0 Å². The highest BCUT2D eigenvalue weighted by molar-refractivity contribution is 5.93. The van der Waals surface area contributed by atoms with E-state index < -0.39 is 11.9 Å². The van der Waals surface area contributed by atoms with Gasteiger partial charge in [-0.2, -0.15) is 13.2 Å². The standard InChI is InChI=1S/C27H26F3N7O/c1-16(2)22-20(6-5-11-31-22)23-32-12-19-14-36(4)26(38)37(25(19)34-23)13-17-7-9-18(10-8-17)24-33-21(15-35(24)3)27(28,29)30/h5-12,15-16H,13-14H2,1-4H3. The van der Waals surface area contributed by atoms with Crippen LogP contribution in [-0.2, 0) is 26.3 Å². The second kappa shape index (κ2) is 9.55. The summed E-state index contributed by atoms with van der Waals surface area (Å²) in [7, 11) is 3.24. The zero-order valence-electron chi connectivity index (χ0n) is 21.4. The molecular formula is C27H26F3N7O. The van der Waals surface area contributed by atoms with Crippen LogP contribution in [0.2, 0.25) is 0 Å². The van der Waals surface area contributed by atoms with Crippen molar-refractivity contribution in [3.63, 3.8) is 0 Å². The largest absolute Gasteiger partial charge is 0.434 e. The number of anilines is 1. The molecule has 2 amide bonds. The number of urea groups is 1. The third kappa shape index (κ3) is 4.71. The maximum atomic E-state index is 13.2. The molecule has 196 valence electrons. The molecule has 0 fully saturated rings. The molecular weight excluding hydrogens is 495 g/mol. The summed E-state index contributed by atoms with van der Waals surface area (Å²) >= 11 is 0. The second-order valence-electron chi connectivity index (χ2n) is 9.61. The molecule has 3 aromatic heterocycles. The SMILES string of the molecule is CC(C)c1ncccc1-c1ncc2c(n1)N(Cc1ccc(-c3nc(C(F)(F)F)cn3C)cc1)C(=O)N(C)C2. The van der Waals surface area contributed by atoms with Gasteiger partial charge >= 0.3 is 12.2 Å². The number of rotatable bonds is 5. The van der Waals surface area contributed by atoms with E-state index >= 15 is 0 Å². The lowest BCUT2D eigenvalue weighted by Crippen LogP contribution is -2.45. The molecule has 1 aromatic carbocycles. The lowest BCUT2D eigenvalue weighted by atomic mass is 10.0. The Morgan fingerprint density at radius 3 is 2.42 bits per heavy atom. The summed E-state index contributed by atoms with van der Waals surface area (Å²) in [6, 6.07) is 10.5. The summed E-state index contributed by atoms with van der Waals surface area (Å²) in [6.45, 7) is 4.71. The van der Waals surface area contributed by atoms with Crippen molar-refractivity contribution < 1.29 is 18.0 Å². The summed E-state index contributed by atoms with van der Waals surface area (Å²) in [5, 5.41) is 0. The molecule has 0 N–H and O–H groups in total. The number of nitrogens with zero attached hydrogens (tertiary/aromatic N) is 7. The fourth-order valence-electron chi connectivity index (χ4n) is 4.51. The number of carbonyl (C=O) groups excluding carboxylic acids is 1. The Balaban J connectivity index is 1.47. The molecule has 5 rings (SSSR count). The summed E-state index contributed by atoms with van der Waals surface area (Å²) < 4.78 is 40.6. The van der Waals surface area contributed by atoms with Crippen molar-refractivity contribution in [2.24, 2.45) is 7.05 Å². The lowest BCUT2D eigenvalue weighted by Gasteiger charge is -2.34. The number of aryl methyl sites for hydroxylation is 1. The summed E-state index contributed by atoms with van der Waals surface area (Å²) in [5.74, 6) is 1.39. The first kappa shape index (κ1) is 25.4. The highest BCUT2D eigenvalue weighted by atomic mass is 19.4. The van der Waals surface area contributed by atoms with Crippen LogP contribution in [-0.4, -0.2) is 42.5 Å².